The number of aliphatic hydroxyl groups is 3. The summed E-state index contributed by atoms with van der Waals surface area (Å²) in [5, 5.41) is 59.1. The molecule has 12 heteroatoms. The summed E-state index contributed by atoms with van der Waals surface area (Å²) in [6.07, 6.45) is 0.232. The standard InChI is InChI=1S/C25H29N3O9/c1-27-14-7-11(9-28-4-2-3-16(30)31)20(32)18-13(14)6-10-5-12-8-15(29)19(24(26)36)23(35)25(12,37)22(34)17(10)21(18)33/h7,10,12,27-28,32-33,35,37H,2-6,8-9H2,1H3,(H2,26,36)(H,30,31)/t10-,12+,25+/m1/s1. The van der Waals surface area contributed by atoms with Crippen molar-refractivity contribution in [2.45, 2.75) is 44.2 Å². The first-order chi connectivity index (χ1) is 17.4. The number of hydrogen-bond donors (Lipinski definition) is 8. The lowest BCUT2D eigenvalue weighted by Crippen LogP contribution is -2.58. The van der Waals surface area contributed by atoms with Crippen LogP contribution < -0.4 is 16.4 Å². The summed E-state index contributed by atoms with van der Waals surface area (Å²) in [7, 11) is 1.66. The molecule has 12 nitrogen and oxygen atoms in total. The van der Waals surface area contributed by atoms with E-state index >= 15 is 0 Å². The van der Waals surface area contributed by atoms with Crippen LogP contribution in [-0.2, 0) is 32.1 Å². The lowest BCUT2D eigenvalue weighted by Gasteiger charge is -2.46. The number of aromatic hydroxyl groups is 1. The molecule has 37 heavy (non-hydrogen) atoms. The van der Waals surface area contributed by atoms with E-state index in [4.69, 9.17) is 10.8 Å². The smallest absolute Gasteiger partial charge is 0.303 e. The number of carbonyl (C=O) groups is 4. The molecule has 0 aromatic heterocycles. The minimum Gasteiger partial charge on any atom is -0.508 e. The third-order valence-electron chi connectivity index (χ3n) is 7.47. The number of ketones is 2. The number of aliphatic carboxylic acids is 1. The second kappa shape index (κ2) is 9.52. The first-order valence-electron chi connectivity index (χ1n) is 11.9. The lowest BCUT2D eigenvalue weighted by atomic mass is 9.59. The van der Waals surface area contributed by atoms with E-state index in [9.17, 15) is 39.6 Å². The topological polar surface area (TPSA) is 220 Å². The Bertz CT molecular complexity index is 1280. The average Bonchev–Trinajstić information content (AvgIpc) is 2.82. The predicted molar refractivity (Wildman–Crippen MR) is 130 cm³/mol. The maximum Gasteiger partial charge on any atom is 0.303 e. The van der Waals surface area contributed by atoms with E-state index in [1.807, 2.05) is 0 Å². The summed E-state index contributed by atoms with van der Waals surface area (Å²) < 4.78 is 0. The molecular weight excluding hydrogens is 486 g/mol. The second-order valence-corrected chi connectivity index (χ2v) is 9.62. The van der Waals surface area contributed by atoms with Crippen molar-refractivity contribution in [2.24, 2.45) is 17.6 Å². The van der Waals surface area contributed by atoms with Gasteiger partial charge in [0.25, 0.3) is 5.91 Å². The first-order valence-corrected chi connectivity index (χ1v) is 11.9. The van der Waals surface area contributed by atoms with Crippen molar-refractivity contribution >= 4 is 34.9 Å². The van der Waals surface area contributed by atoms with Crippen molar-refractivity contribution in [3.05, 3.63) is 39.7 Å². The van der Waals surface area contributed by atoms with E-state index in [0.717, 1.165) is 0 Å². The number of carboxylic acid groups (broad SMARTS) is 1. The normalized spacial score (nSPS) is 24.9. The number of anilines is 1. The molecule has 0 aliphatic heterocycles. The Morgan fingerprint density at radius 1 is 1.19 bits per heavy atom. The largest absolute Gasteiger partial charge is 0.508 e. The Kier molecular flexibility index (Phi) is 6.74. The molecule has 0 saturated heterocycles. The highest BCUT2D eigenvalue weighted by Gasteiger charge is 2.60. The zero-order chi connectivity index (χ0) is 27.2. The summed E-state index contributed by atoms with van der Waals surface area (Å²) in [5.74, 6) is -7.63. The molecule has 0 radical (unpaired) electrons. The lowest BCUT2D eigenvalue weighted by molar-refractivity contribution is -0.147. The Labute approximate surface area is 211 Å². The molecule has 1 aromatic rings. The number of phenolic OH excluding ortho intramolecular Hbond substituents is 1. The van der Waals surface area contributed by atoms with Crippen molar-refractivity contribution in [1.82, 2.24) is 5.32 Å². The molecule has 9 N–H and O–H groups in total. The summed E-state index contributed by atoms with van der Waals surface area (Å²) in [4.78, 5) is 48.5. The van der Waals surface area contributed by atoms with Crippen molar-refractivity contribution in [2.75, 3.05) is 18.9 Å². The van der Waals surface area contributed by atoms with E-state index in [1.165, 1.54) is 0 Å². The molecule has 0 spiro atoms. The van der Waals surface area contributed by atoms with Crippen molar-refractivity contribution < 1.29 is 44.7 Å². The molecular formula is C25H29N3O9. The van der Waals surface area contributed by atoms with Gasteiger partial charge in [0.05, 0.1) is 5.56 Å². The van der Waals surface area contributed by atoms with E-state index in [1.54, 1.807) is 13.1 Å². The number of amides is 1. The monoisotopic (exact) mass is 515 g/mol. The van der Waals surface area contributed by atoms with Crippen LogP contribution in [0.5, 0.6) is 5.75 Å². The number of carbonyl (C=O) groups excluding carboxylic acids is 3. The number of benzene rings is 1. The van der Waals surface area contributed by atoms with Gasteiger partial charge in [-0.3, -0.25) is 19.2 Å². The number of carboxylic acids is 1. The molecule has 0 bridgehead atoms. The van der Waals surface area contributed by atoms with Gasteiger partial charge < -0.3 is 41.9 Å². The summed E-state index contributed by atoms with van der Waals surface area (Å²) in [6, 6.07) is 1.69. The van der Waals surface area contributed by atoms with Crippen molar-refractivity contribution in [1.29, 1.82) is 0 Å². The van der Waals surface area contributed by atoms with Crippen LogP contribution in [-0.4, -0.2) is 68.2 Å². The van der Waals surface area contributed by atoms with Crippen LogP contribution in [0, 0.1) is 11.8 Å². The van der Waals surface area contributed by atoms with Crippen LogP contribution in [0.2, 0.25) is 0 Å². The third kappa shape index (κ3) is 4.11. The summed E-state index contributed by atoms with van der Waals surface area (Å²) in [6.45, 7) is 0.513. The Hall–Kier alpha value is -3.90. The van der Waals surface area contributed by atoms with E-state index in [-0.39, 0.29) is 49.1 Å². The Morgan fingerprint density at radius 2 is 1.89 bits per heavy atom. The van der Waals surface area contributed by atoms with Crippen LogP contribution >= 0.6 is 0 Å². The summed E-state index contributed by atoms with van der Waals surface area (Å²) in [5.41, 5.74) is 3.06. The quantitative estimate of drug-likeness (QED) is 0.135. The maximum absolute atomic E-state index is 13.6. The Morgan fingerprint density at radius 3 is 2.51 bits per heavy atom. The van der Waals surface area contributed by atoms with Gasteiger partial charge in [-0.25, -0.2) is 0 Å². The molecule has 4 rings (SSSR count). The van der Waals surface area contributed by atoms with Crippen molar-refractivity contribution in [3.8, 4) is 5.75 Å². The first kappa shape index (κ1) is 26.2. The zero-order valence-electron chi connectivity index (χ0n) is 20.1. The predicted octanol–water partition coefficient (Wildman–Crippen LogP) is 0.420. The fourth-order valence-corrected chi connectivity index (χ4v) is 5.69. The average molecular weight is 516 g/mol. The number of fused-ring (bicyclic) bond motifs is 3. The van der Waals surface area contributed by atoms with Crippen LogP contribution in [0.3, 0.4) is 0 Å². The van der Waals surface area contributed by atoms with Gasteiger partial charge in [0.1, 0.15) is 22.8 Å². The fourth-order valence-electron chi connectivity index (χ4n) is 5.69. The van der Waals surface area contributed by atoms with Crippen LogP contribution in [0.4, 0.5) is 5.69 Å². The van der Waals surface area contributed by atoms with Gasteiger partial charge in [0, 0.05) is 49.2 Å². The van der Waals surface area contributed by atoms with E-state index in [0.29, 0.717) is 29.8 Å². The second-order valence-electron chi connectivity index (χ2n) is 9.62. The van der Waals surface area contributed by atoms with Gasteiger partial charge in [-0.1, -0.05) is 0 Å². The van der Waals surface area contributed by atoms with Crippen LogP contribution in [0.1, 0.15) is 42.4 Å². The molecule has 3 aliphatic rings. The summed E-state index contributed by atoms with van der Waals surface area (Å²) >= 11 is 0. The minimum absolute atomic E-state index is 0.00122. The van der Waals surface area contributed by atoms with Crippen LogP contribution in [0.25, 0.3) is 5.76 Å². The maximum atomic E-state index is 13.6. The third-order valence-corrected chi connectivity index (χ3v) is 7.47. The molecule has 198 valence electrons. The number of nitrogens with one attached hydrogen (secondary N) is 2. The highest BCUT2D eigenvalue weighted by atomic mass is 16.4. The van der Waals surface area contributed by atoms with Gasteiger partial charge in [-0.05, 0) is 43.4 Å². The molecule has 1 saturated carbocycles. The molecule has 1 aromatic carbocycles. The van der Waals surface area contributed by atoms with Crippen LogP contribution in [0.15, 0.2) is 23.0 Å². The van der Waals surface area contributed by atoms with Crippen molar-refractivity contribution in [3.63, 3.8) is 0 Å². The van der Waals surface area contributed by atoms with Gasteiger partial charge in [-0.2, -0.15) is 0 Å². The molecule has 3 atom stereocenters. The SMILES string of the molecule is CNc1cc(CNCCCC(=O)O)c(O)c2c1C[C@H]1C[C@H]3CC(=O)C(C(N)=O)=C(O)[C@@]3(O)C(=O)C1=C2O. The zero-order valence-corrected chi connectivity index (χ0v) is 20.1. The molecule has 1 amide bonds. The molecule has 1 fully saturated rings. The number of phenols is 1. The number of hydrogen-bond acceptors (Lipinski definition) is 10. The molecule has 0 unspecified atom stereocenters. The number of Topliss-reactive ketones (excluding diaryl/α,β-unsaturated/α-hetero) is 2. The van der Waals surface area contributed by atoms with E-state index < -0.39 is 58.0 Å². The van der Waals surface area contributed by atoms with Gasteiger partial charge in [0.15, 0.2) is 11.4 Å². The van der Waals surface area contributed by atoms with Gasteiger partial charge in [0.2, 0.25) is 5.78 Å². The number of primary amides is 1. The Balaban J connectivity index is 1.77. The molecule has 0 heterocycles. The van der Waals surface area contributed by atoms with Gasteiger partial charge >= 0.3 is 5.97 Å². The number of aliphatic hydroxyl groups excluding tert-OH is 2. The van der Waals surface area contributed by atoms with Gasteiger partial charge in [-0.15, -0.1) is 0 Å². The minimum atomic E-state index is -2.61. The highest BCUT2D eigenvalue weighted by molar-refractivity contribution is 6.22. The fraction of sp³-hybridized carbons (Fsp3) is 0.440. The molecule has 3 aliphatic carbocycles. The highest BCUT2D eigenvalue weighted by Crippen LogP contribution is 2.53. The number of nitrogens with two attached hydrogens (primary N) is 1. The number of rotatable bonds is 8. The van der Waals surface area contributed by atoms with E-state index in [2.05, 4.69) is 10.6 Å².